The Balaban J connectivity index is 1.55. The Morgan fingerprint density at radius 2 is 1.53 bits per heavy atom. The SMILES string of the molecule is CC(C)c1cccc(-c2ccc3c(c2)S(=O)(=O)c2cccc(C(=O)NCc4ccccc4)c2C3=O)c1. The van der Waals surface area contributed by atoms with E-state index in [1.54, 1.807) is 18.2 Å². The van der Waals surface area contributed by atoms with E-state index in [4.69, 9.17) is 0 Å². The van der Waals surface area contributed by atoms with Crippen LogP contribution in [0.1, 0.15) is 57.2 Å². The minimum atomic E-state index is -4.02. The molecule has 1 amide bonds. The van der Waals surface area contributed by atoms with Crippen molar-refractivity contribution in [1.29, 1.82) is 0 Å². The Kier molecular flexibility index (Phi) is 6.06. The molecule has 1 N–H and O–H groups in total. The fourth-order valence-electron chi connectivity index (χ4n) is 4.49. The van der Waals surface area contributed by atoms with E-state index in [-0.39, 0.29) is 33.0 Å². The number of fused-ring (bicyclic) bond motifs is 2. The maximum atomic E-state index is 13.7. The number of rotatable bonds is 5. The maximum absolute atomic E-state index is 13.7. The van der Waals surface area contributed by atoms with Crippen molar-refractivity contribution in [2.24, 2.45) is 0 Å². The lowest BCUT2D eigenvalue weighted by Gasteiger charge is -2.22. The molecule has 0 unspecified atom stereocenters. The summed E-state index contributed by atoms with van der Waals surface area (Å²) < 4.78 is 27.3. The average molecular weight is 496 g/mol. The molecule has 0 saturated heterocycles. The molecule has 36 heavy (non-hydrogen) atoms. The first-order valence-corrected chi connectivity index (χ1v) is 13.2. The van der Waals surface area contributed by atoms with Crippen LogP contribution < -0.4 is 5.32 Å². The van der Waals surface area contributed by atoms with Crippen molar-refractivity contribution in [2.45, 2.75) is 36.1 Å². The second-order valence-electron chi connectivity index (χ2n) is 9.17. The van der Waals surface area contributed by atoms with E-state index < -0.39 is 21.5 Å². The molecule has 4 aromatic carbocycles. The lowest BCUT2D eigenvalue weighted by Crippen LogP contribution is -2.28. The smallest absolute Gasteiger partial charge is 0.252 e. The average Bonchev–Trinajstić information content (AvgIpc) is 2.90. The predicted molar refractivity (Wildman–Crippen MR) is 139 cm³/mol. The van der Waals surface area contributed by atoms with E-state index in [0.29, 0.717) is 11.5 Å². The zero-order valence-corrected chi connectivity index (χ0v) is 20.8. The van der Waals surface area contributed by atoms with Crippen LogP contribution in [-0.2, 0) is 16.4 Å². The lowest BCUT2D eigenvalue weighted by molar-refractivity contribution is 0.0938. The maximum Gasteiger partial charge on any atom is 0.252 e. The van der Waals surface area contributed by atoms with Crippen molar-refractivity contribution in [3.63, 3.8) is 0 Å². The molecule has 0 radical (unpaired) electrons. The van der Waals surface area contributed by atoms with E-state index >= 15 is 0 Å². The van der Waals surface area contributed by atoms with Crippen molar-refractivity contribution in [2.75, 3.05) is 0 Å². The molecule has 5 nitrogen and oxygen atoms in total. The molecule has 1 aliphatic rings. The molecule has 1 heterocycles. The summed E-state index contributed by atoms with van der Waals surface area (Å²) in [6.45, 7) is 4.46. The van der Waals surface area contributed by atoms with E-state index in [0.717, 1.165) is 16.7 Å². The van der Waals surface area contributed by atoms with Gasteiger partial charge in [-0.25, -0.2) is 8.42 Å². The van der Waals surface area contributed by atoms with E-state index in [9.17, 15) is 18.0 Å². The van der Waals surface area contributed by atoms with Gasteiger partial charge in [0, 0.05) is 12.1 Å². The number of hydrogen-bond donors (Lipinski definition) is 1. The van der Waals surface area contributed by atoms with Crippen molar-refractivity contribution < 1.29 is 18.0 Å². The van der Waals surface area contributed by atoms with Gasteiger partial charge < -0.3 is 5.32 Å². The minimum Gasteiger partial charge on any atom is -0.348 e. The molecule has 0 spiro atoms. The van der Waals surface area contributed by atoms with Crippen LogP contribution in [0.15, 0.2) is 101 Å². The van der Waals surface area contributed by atoms with Gasteiger partial charge in [0.2, 0.25) is 9.84 Å². The van der Waals surface area contributed by atoms with Gasteiger partial charge in [0.1, 0.15) is 0 Å². The number of nitrogens with one attached hydrogen (secondary N) is 1. The summed E-state index contributed by atoms with van der Waals surface area (Å²) in [4.78, 5) is 26.4. The first kappa shape index (κ1) is 23.7. The van der Waals surface area contributed by atoms with Gasteiger partial charge in [0.05, 0.1) is 20.9 Å². The number of amides is 1. The molecule has 1 aliphatic heterocycles. The molecule has 0 bridgehead atoms. The predicted octanol–water partition coefficient (Wildman–Crippen LogP) is 5.78. The highest BCUT2D eigenvalue weighted by molar-refractivity contribution is 7.91. The Morgan fingerprint density at radius 3 is 2.28 bits per heavy atom. The van der Waals surface area contributed by atoms with Gasteiger partial charge in [0.25, 0.3) is 5.91 Å². The number of benzene rings is 4. The monoisotopic (exact) mass is 495 g/mol. The quantitative estimate of drug-likeness (QED) is 0.335. The highest BCUT2D eigenvalue weighted by Crippen LogP contribution is 2.38. The van der Waals surface area contributed by atoms with Crippen LogP contribution in [0.2, 0.25) is 0 Å². The molecule has 6 heteroatoms. The molecule has 4 aromatic rings. The van der Waals surface area contributed by atoms with Crippen LogP contribution >= 0.6 is 0 Å². The highest BCUT2D eigenvalue weighted by atomic mass is 32.2. The largest absolute Gasteiger partial charge is 0.348 e. The van der Waals surface area contributed by atoms with Crippen molar-refractivity contribution in [1.82, 2.24) is 5.32 Å². The van der Waals surface area contributed by atoms with Gasteiger partial charge in [-0.3, -0.25) is 9.59 Å². The molecule has 0 atom stereocenters. The number of sulfone groups is 1. The van der Waals surface area contributed by atoms with Crippen LogP contribution in [0.25, 0.3) is 11.1 Å². The normalized spacial score (nSPS) is 13.7. The molecule has 180 valence electrons. The molecule has 0 saturated carbocycles. The Morgan fingerprint density at radius 1 is 0.806 bits per heavy atom. The third-order valence-corrected chi connectivity index (χ3v) is 8.32. The summed E-state index contributed by atoms with van der Waals surface area (Å²) in [7, 11) is -4.02. The van der Waals surface area contributed by atoms with Crippen molar-refractivity contribution in [3.8, 4) is 11.1 Å². The molecular formula is C30H25NO4S. The van der Waals surface area contributed by atoms with Gasteiger partial charge in [-0.1, -0.05) is 80.6 Å². The number of ketones is 1. The standard InChI is InChI=1S/C30H25NO4S/c1-19(2)21-10-6-11-22(16-21)23-14-15-24-27(17-23)36(34,35)26-13-7-12-25(28(26)29(24)32)30(33)31-18-20-8-4-3-5-9-20/h3-17,19H,18H2,1-2H3,(H,31,33). The van der Waals surface area contributed by atoms with Crippen LogP contribution in [0.5, 0.6) is 0 Å². The summed E-state index contributed by atoms with van der Waals surface area (Å²) in [6.07, 6.45) is 0. The fourth-order valence-corrected chi connectivity index (χ4v) is 6.19. The fraction of sp³-hybridized carbons (Fsp3) is 0.133. The molecule has 5 rings (SSSR count). The lowest BCUT2D eigenvalue weighted by atomic mass is 9.94. The first-order chi connectivity index (χ1) is 17.3. The van der Waals surface area contributed by atoms with E-state index in [2.05, 4.69) is 19.2 Å². The van der Waals surface area contributed by atoms with Crippen LogP contribution in [0, 0.1) is 0 Å². The van der Waals surface area contributed by atoms with E-state index in [1.165, 1.54) is 18.2 Å². The zero-order chi connectivity index (χ0) is 25.4. The van der Waals surface area contributed by atoms with Crippen LogP contribution in [0.3, 0.4) is 0 Å². The van der Waals surface area contributed by atoms with Gasteiger partial charge in [-0.15, -0.1) is 0 Å². The van der Waals surface area contributed by atoms with Crippen LogP contribution in [-0.4, -0.2) is 20.1 Å². The van der Waals surface area contributed by atoms with Crippen molar-refractivity contribution in [3.05, 3.63) is 119 Å². The summed E-state index contributed by atoms with van der Waals surface area (Å²) in [6, 6.07) is 26.6. The number of carbonyl (C=O) groups is 2. The van der Waals surface area contributed by atoms with Gasteiger partial charge in [-0.2, -0.15) is 0 Å². The van der Waals surface area contributed by atoms with Crippen molar-refractivity contribution >= 4 is 21.5 Å². The summed E-state index contributed by atoms with van der Waals surface area (Å²) in [5.74, 6) is -0.640. The third-order valence-electron chi connectivity index (χ3n) is 6.49. The topological polar surface area (TPSA) is 80.3 Å². The van der Waals surface area contributed by atoms with Gasteiger partial charge in [-0.05, 0) is 52.4 Å². The third kappa shape index (κ3) is 4.14. The molecular weight excluding hydrogens is 470 g/mol. The Hall–Kier alpha value is -4.03. The first-order valence-electron chi connectivity index (χ1n) is 11.8. The summed E-state index contributed by atoms with van der Waals surface area (Å²) >= 11 is 0. The number of carbonyl (C=O) groups excluding carboxylic acids is 2. The minimum absolute atomic E-state index is 0.0331. The molecule has 0 aromatic heterocycles. The van der Waals surface area contributed by atoms with E-state index in [1.807, 2.05) is 54.6 Å². The number of hydrogen-bond acceptors (Lipinski definition) is 4. The zero-order valence-electron chi connectivity index (χ0n) is 20.0. The van der Waals surface area contributed by atoms with Crippen LogP contribution in [0.4, 0.5) is 0 Å². The second kappa shape index (κ2) is 9.21. The second-order valence-corrected chi connectivity index (χ2v) is 11.1. The summed E-state index contributed by atoms with van der Waals surface area (Å²) in [5, 5.41) is 2.80. The Labute approximate surface area is 210 Å². The summed E-state index contributed by atoms with van der Waals surface area (Å²) in [5.41, 5.74) is 3.69. The Bertz CT molecular complexity index is 1610. The molecule has 0 fully saturated rings. The highest BCUT2D eigenvalue weighted by Gasteiger charge is 2.37. The molecule has 0 aliphatic carbocycles. The van der Waals surface area contributed by atoms with Gasteiger partial charge >= 0.3 is 0 Å². The van der Waals surface area contributed by atoms with Gasteiger partial charge in [0.15, 0.2) is 5.78 Å².